The zero-order valence-electron chi connectivity index (χ0n) is 15.5. The molecular weight excluding hydrogens is 360 g/mol. The van der Waals surface area contributed by atoms with Crippen LogP contribution in [0.5, 0.6) is 0 Å². The molecule has 2 aliphatic rings. The van der Waals surface area contributed by atoms with E-state index >= 15 is 0 Å². The van der Waals surface area contributed by atoms with E-state index in [2.05, 4.69) is 5.32 Å². The number of benzene rings is 2. The van der Waals surface area contributed by atoms with Crippen LogP contribution in [0.2, 0.25) is 0 Å². The Hall–Kier alpha value is -2.57. The zero-order chi connectivity index (χ0) is 19.7. The molecule has 1 amide bonds. The topological polar surface area (TPSA) is 58.4 Å². The van der Waals surface area contributed by atoms with Crippen molar-refractivity contribution >= 4 is 11.5 Å². The molecular formula is C22H23F2N3O. The Balaban J connectivity index is 1.72. The highest BCUT2D eigenvalue weighted by atomic mass is 19.1. The summed E-state index contributed by atoms with van der Waals surface area (Å²) in [5.74, 6) is -1.16. The van der Waals surface area contributed by atoms with Crippen molar-refractivity contribution in [2.24, 2.45) is 5.73 Å². The third kappa shape index (κ3) is 3.45. The van der Waals surface area contributed by atoms with Gasteiger partial charge in [-0.2, -0.15) is 0 Å². The summed E-state index contributed by atoms with van der Waals surface area (Å²) in [6, 6.07) is 12.6. The van der Waals surface area contributed by atoms with E-state index in [4.69, 9.17) is 5.73 Å². The number of hydrogen-bond acceptors (Lipinski definition) is 3. The van der Waals surface area contributed by atoms with E-state index in [1.54, 1.807) is 4.90 Å². The second-order valence-corrected chi connectivity index (χ2v) is 7.51. The van der Waals surface area contributed by atoms with Gasteiger partial charge in [-0.25, -0.2) is 8.78 Å². The summed E-state index contributed by atoms with van der Waals surface area (Å²) in [7, 11) is 0. The molecule has 1 fully saturated rings. The Kier molecular flexibility index (Phi) is 5.00. The molecule has 0 saturated carbocycles. The van der Waals surface area contributed by atoms with Crippen molar-refractivity contribution in [1.29, 1.82) is 0 Å². The summed E-state index contributed by atoms with van der Waals surface area (Å²) < 4.78 is 28.1. The van der Waals surface area contributed by atoms with Crippen molar-refractivity contribution in [2.45, 2.75) is 24.4 Å². The highest BCUT2D eigenvalue weighted by molar-refractivity contribution is 5.90. The number of halogens is 2. The molecule has 2 aromatic carbocycles. The van der Waals surface area contributed by atoms with Crippen LogP contribution in [0.3, 0.4) is 0 Å². The summed E-state index contributed by atoms with van der Waals surface area (Å²) in [6.45, 7) is 1.57. The first-order valence-electron chi connectivity index (χ1n) is 9.50. The third-order valence-corrected chi connectivity index (χ3v) is 5.63. The van der Waals surface area contributed by atoms with Gasteiger partial charge in [0.15, 0.2) is 0 Å². The van der Waals surface area contributed by atoms with Crippen LogP contribution in [-0.2, 0) is 4.79 Å². The zero-order valence-corrected chi connectivity index (χ0v) is 15.5. The molecule has 4 rings (SSSR count). The predicted molar refractivity (Wildman–Crippen MR) is 104 cm³/mol. The van der Waals surface area contributed by atoms with E-state index < -0.39 is 17.2 Å². The Morgan fingerprint density at radius 2 is 1.82 bits per heavy atom. The standard InChI is InChI=1S/C22H23F2N3O/c23-17-6-7-19(24)18(13-17)16-12-20(15-4-2-1-3-5-15)27(14-16)21(28)22(25)8-10-26-11-9-22/h1-7,12-13,20,26H,8-11,14,25H2. The molecule has 3 N–H and O–H groups in total. The smallest absolute Gasteiger partial charge is 0.243 e. The molecule has 0 radical (unpaired) electrons. The van der Waals surface area contributed by atoms with E-state index in [0.717, 1.165) is 17.7 Å². The average molecular weight is 383 g/mol. The normalized spacial score (nSPS) is 21.5. The van der Waals surface area contributed by atoms with Crippen molar-refractivity contribution in [3.05, 3.63) is 77.4 Å². The van der Waals surface area contributed by atoms with E-state index in [-0.39, 0.29) is 24.1 Å². The van der Waals surface area contributed by atoms with Gasteiger partial charge in [0.25, 0.3) is 0 Å². The Morgan fingerprint density at radius 1 is 1.11 bits per heavy atom. The van der Waals surface area contributed by atoms with Gasteiger partial charge in [-0.3, -0.25) is 4.79 Å². The number of carbonyl (C=O) groups excluding carboxylic acids is 1. The van der Waals surface area contributed by atoms with Crippen molar-refractivity contribution < 1.29 is 13.6 Å². The van der Waals surface area contributed by atoms with Gasteiger partial charge in [0.2, 0.25) is 5.91 Å². The Morgan fingerprint density at radius 3 is 2.54 bits per heavy atom. The quantitative estimate of drug-likeness (QED) is 0.857. The number of carbonyl (C=O) groups is 1. The molecule has 1 saturated heterocycles. The first-order chi connectivity index (χ1) is 13.5. The summed E-state index contributed by atoms with van der Waals surface area (Å²) in [6.07, 6.45) is 2.94. The van der Waals surface area contributed by atoms with Crippen LogP contribution in [0.4, 0.5) is 8.78 Å². The van der Waals surface area contributed by atoms with Crippen LogP contribution >= 0.6 is 0 Å². The number of hydrogen-bond donors (Lipinski definition) is 2. The molecule has 6 heteroatoms. The molecule has 28 heavy (non-hydrogen) atoms. The van der Waals surface area contributed by atoms with Crippen LogP contribution in [0, 0.1) is 11.6 Å². The molecule has 146 valence electrons. The molecule has 4 nitrogen and oxygen atoms in total. The maximum Gasteiger partial charge on any atom is 0.243 e. The number of amides is 1. The van der Waals surface area contributed by atoms with Crippen LogP contribution in [-0.4, -0.2) is 36.0 Å². The monoisotopic (exact) mass is 383 g/mol. The lowest BCUT2D eigenvalue weighted by molar-refractivity contribution is -0.138. The maximum absolute atomic E-state index is 14.4. The van der Waals surface area contributed by atoms with Crippen LogP contribution in [0.1, 0.15) is 30.0 Å². The van der Waals surface area contributed by atoms with E-state index in [9.17, 15) is 13.6 Å². The summed E-state index contributed by atoms with van der Waals surface area (Å²) in [4.78, 5) is 15.1. The lowest BCUT2D eigenvalue weighted by atomic mass is 9.87. The van der Waals surface area contributed by atoms with Gasteiger partial charge in [0.05, 0.1) is 11.6 Å². The van der Waals surface area contributed by atoms with Crippen molar-refractivity contribution in [3.63, 3.8) is 0 Å². The molecule has 0 aromatic heterocycles. The minimum atomic E-state index is -0.942. The molecule has 2 heterocycles. The fourth-order valence-electron chi connectivity index (χ4n) is 4.03. The summed E-state index contributed by atoms with van der Waals surface area (Å²) in [5.41, 5.74) is 7.23. The lowest BCUT2D eigenvalue weighted by Gasteiger charge is -2.38. The molecule has 0 spiro atoms. The van der Waals surface area contributed by atoms with Crippen LogP contribution < -0.4 is 11.1 Å². The molecule has 1 unspecified atom stereocenters. The number of rotatable bonds is 3. The minimum Gasteiger partial charge on any atom is -0.326 e. The molecule has 1 atom stereocenters. The second-order valence-electron chi connectivity index (χ2n) is 7.51. The van der Waals surface area contributed by atoms with Gasteiger partial charge >= 0.3 is 0 Å². The maximum atomic E-state index is 14.4. The number of nitrogens with one attached hydrogen (secondary N) is 1. The summed E-state index contributed by atoms with van der Waals surface area (Å²) >= 11 is 0. The SMILES string of the molecule is NC1(C(=O)N2CC(c3cc(F)ccc3F)=CC2c2ccccc2)CCNCC1. The van der Waals surface area contributed by atoms with Crippen molar-refractivity contribution in [2.75, 3.05) is 19.6 Å². The first-order valence-corrected chi connectivity index (χ1v) is 9.50. The molecule has 0 aliphatic carbocycles. The minimum absolute atomic E-state index is 0.147. The van der Waals surface area contributed by atoms with Crippen LogP contribution in [0.25, 0.3) is 5.57 Å². The highest BCUT2D eigenvalue weighted by Crippen LogP contribution is 2.37. The van der Waals surface area contributed by atoms with E-state index in [1.165, 1.54) is 6.07 Å². The Bertz CT molecular complexity index is 907. The van der Waals surface area contributed by atoms with E-state index in [1.807, 2.05) is 36.4 Å². The molecule has 0 bridgehead atoms. The van der Waals surface area contributed by atoms with Gasteiger partial charge in [-0.15, -0.1) is 0 Å². The van der Waals surface area contributed by atoms with Gasteiger partial charge in [0.1, 0.15) is 11.6 Å². The second kappa shape index (κ2) is 7.45. The first kappa shape index (κ1) is 18.8. The molecule has 2 aromatic rings. The summed E-state index contributed by atoms with van der Waals surface area (Å²) in [5, 5.41) is 3.22. The Labute approximate surface area is 163 Å². The fraction of sp³-hybridized carbons (Fsp3) is 0.318. The number of nitrogens with zero attached hydrogens (tertiary/aromatic N) is 1. The van der Waals surface area contributed by atoms with Crippen molar-refractivity contribution in [1.82, 2.24) is 10.2 Å². The van der Waals surface area contributed by atoms with Gasteiger partial charge in [-0.05, 0) is 55.3 Å². The van der Waals surface area contributed by atoms with Gasteiger partial charge in [-0.1, -0.05) is 36.4 Å². The highest BCUT2D eigenvalue weighted by Gasteiger charge is 2.42. The largest absolute Gasteiger partial charge is 0.326 e. The van der Waals surface area contributed by atoms with Crippen LogP contribution in [0.15, 0.2) is 54.6 Å². The number of piperidine rings is 1. The predicted octanol–water partition coefficient (Wildman–Crippen LogP) is 3.01. The average Bonchev–Trinajstić information content (AvgIpc) is 3.15. The molecule has 2 aliphatic heterocycles. The lowest BCUT2D eigenvalue weighted by Crippen LogP contribution is -2.59. The fourth-order valence-corrected chi connectivity index (χ4v) is 4.03. The van der Waals surface area contributed by atoms with Gasteiger partial charge < -0.3 is 16.0 Å². The van der Waals surface area contributed by atoms with E-state index in [0.29, 0.717) is 31.5 Å². The third-order valence-electron chi connectivity index (χ3n) is 5.63. The van der Waals surface area contributed by atoms with Gasteiger partial charge in [0, 0.05) is 12.1 Å². The number of nitrogens with two attached hydrogens (primary N) is 1. The van der Waals surface area contributed by atoms with Crippen molar-refractivity contribution in [3.8, 4) is 0 Å².